The third-order valence-electron chi connectivity index (χ3n) is 2.79. The van der Waals surface area contributed by atoms with Crippen molar-refractivity contribution in [3.8, 4) is 0 Å². The van der Waals surface area contributed by atoms with E-state index in [0.29, 0.717) is 19.6 Å². The number of rotatable bonds is 4. The van der Waals surface area contributed by atoms with E-state index >= 15 is 0 Å². The molecule has 7 heteroatoms. The van der Waals surface area contributed by atoms with Crippen LogP contribution in [0.3, 0.4) is 0 Å². The van der Waals surface area contributed by atoms with Gasteiger partial charge in [0, 0.05) is 24.5 Å². The van der Waals surface area contributed by atoms with Crippen molar-refractivity contribution in [3.63, 3.8) is 0 Å². The Balaban J connectivity index is 1.66. The number of carboxylic acid groups (broad SMARTS) is 1. The topological polar surface area (TPSA) is 69.6 Å². The predicted molar refractivity (Wildman–Crippen MR) is 71.8 cm³/mol. The molecule has 1 fully saturated rings. The van der Waals surface area contributed by atoms with Gasteiger partial charge >= 0.3 is 12.0 Å². The molecule has 0 bridgehead atoms. The number of urea groups is 1. The average Bonchev–Trinajstić information content (AvgIpc) is 2.61. The standard InChI is InChI=1S/C11H13BrN2O3S/c12-9-2-1-8(18-9)3-4-13-11(17)14-5-7(6-14)10(15)16/h1-2,7H,3-6H2,(H,13,17)(H,15,16). The van der Waals surface area contributed by atoms with E-state index in [2.05, 4.69) is 21.2 Å². The molecule has 0 radical (unpaired) electrons. The molecule has 0 saturated carbocycles. The van der Waals surface area contributed by atoms with Gasteiger partial charge in [-0.3, -0.25) is 4.79 Å². The highest BCUT2D eigenvalue weighted by Gasteiger charge is 2.35. The van der Waals surface area contributed by atoms with Crippen LogP contribution in [0.25, 0.3) is 0 Å². The van der Waals surface area contributed by atoms with Crippen molar-refractivity contribution >= 4 is 39.3 Å². The Morgan fingerprint density at radius 3 is 2.78 bits per heavy atom. The van der Waals surface area contributed by atoms with Crippen molar-refractivity contribution in [2.75, 3.05) is 19.6 Å². The molecule has 98 valence electrons. The van der Waals surface area contributed by atoms with Gasteiger partial charge in [0.25, 0.3) is 0 Å². The number of amides is 2. The maximum atomic E-state index is 11.6. The highest BCUT2D eigenvalue weighted by molar-refractivity contribution is 9.11. The zero-order valence-electron chi connectivity index (χ0n) is 9.56. The molecule has 0 atom stereocenters. The minimum Gasteiger partial charge on any atom is -0.481 e. The Kier molecular flexibility index (Phi) is 4.23. The number of hydrogen-bond acceptors (Lipinski definition) is 3. The molecule has 1 aromatic heterocycles. The average molecular weight is 333 g/mol. The number of carboxylic acids is 1. The third-order valence-corrected chi connectivity index (χ3v) is 4.48. The third kappa shape index (κ3) is 3.23. The molecule has 1 saturated heterocycles. The molecule has 0 aliphatic carbocycles. The second-order valence-electron chi connectivity index (χ2n) is 4.13. The summed E-state index contributed by atoms with van der Waals surface area (Å²) >= 11 is 5.03. The van der Waals surface area contributed by atoms with Crippen LogP contribution in [0.5, 0.6) is 0 Å². The Bertz CT molecular complexity index is 457. The molecule has 1 aliphatic heterocycles. The molecule has 0 aromatic carbocycles. The molecule has 0 spiro atoms. The van der Waals surface area contributed by atoms with E-state index in [-0.39, 0.29) is 6.03 Å². The number of carbonyl (C=O) groups is 2. The fourth-order valence-electron chi connectivity index (χ4n) is 1.69. The van der Waals surface area contributed by atoms with Crippen LogP contribution in [-0.2, 0) is 11.2 Å². The predicted octanol–water partition coefficient (Wildman–Crippen LogP) is 1.78. The number of aliphatic carboxylic acids is 1. The maximum Gasteiger partial charge on any atom is 0.317 e. The molecule has 1 aliphatic rings. The summed E-state index contributed by atoms with van der Waals surface area (Å²) in [5.41, 5.74) is 0. The van der Waals surface area contributed by atoms with Gasteiger partial charge in [0.1, 0.15) is 0 Å². The fourth-order valence-corrected chi connectivity index (χ4v) is 3.17. The second-order valence-corrected chi connectivity index (χ2v) is 6.68. The van der Waals surface area contributed by atoms with Gasteiger partial charge in [-0.15, -0.1) is 11.3 Å². The molecular formula is C11H13BrN2O3S. The normalized spacial score (nSPS) is 15.3. The first-order chi connectivity index (χ1) is 8.56. The van der Waals surface area contributed by atoms with Crippen LogP contribution in [0.4, 0.5) is 4.79 Å². The summed E-state index contributed by atoms with van der Waals surface area (Å²) in [5, 5.41) is 11.5. The Morgan fingerprint density at radius 1 is 1.50 bits per heavy atom. The van der Waals surface area contributed by atoms with Crippen molar-refractivity contribution in [1.82, 2.24) is 10.2 Å². The van der Waals surface area contributed by atoms with E-state index in [1.165, 1.54) is 9.78 Å². The van der Waals surface area contributed by atoms with Crippen molar-refractivity contribution in [2.24, 2.45) is 5.92 Å². The molecule has 1 aromatic rings. The van der Waals surface area contributed by atoms with Crippen LogP contribution in [0, 0.1) is 5.92 Å². The van der Waals surface area contributed by atoms with Gasteiger partial charge in [0.2, 0.25) is 0 Å². The van der Waals surface area contributed by atoms with Crippen LogP contribution in [0.2, 0.25) is 0 Å². The lowest BCUT2D eigenvalue weighted by molar-refractivity contribution is -0.146. The van der Waals surface area contributed by atoms with Gasteiger partial charge in [0.05, 0.1) is 9.70 Å². The number of thiophene rings is 1. The molecular weight excluding hydrogens is 320 g/mol. The summed E-state index contributed by atoms with van der Waals surface area (Å²) in [7, 11) is 0. The highest BCUT2D eigenvalue weighted by atomic mass is 79.9. The van der Waals surface area contributed by atoms with Crippen molar-refractivity contribution < 1.29 is 14.7 Å². The molecule has 2 rings (SSSR count). The van der Waals surface area contributed by atoms with E-state index in [0.717, 1.165) is 10.2 Å². The van der Waals surface area contributed by atoms with E-state index in [9.17, 15) is 9.59 Å². The number of hydrogen-bond donors (Lipinski definition) is 2. The molecule has 2 heterocycles. The summed E-state index contributed by atoms with van der Waals surface area (Å²) in [4.78, 5) is 24.9. The summed E-state index contributed by atoms with van der Waals surface area (Å²) in [6.45, 7) is 1.19. The van der Waals surface area contributed by atoms with Gasteiger partial charge in [-0.25, -0.2) is 4.79 Å². The van der Waals surface area contributed by atoms with E-state index in [1.54, 1.807) is 11.3 Å². The summed E-state index contributed by atoms with van der Waals surface area (Å²) in [6.07, 6.45) is 0.790. The minimum absolute atomic E-state index is 0.178. The zero-order chi connectivity index (χ0) is 13.1. The van der Waals surface area contributed by atoms with Crippen LogP contribution in [0.1, 0.15) is 4.88 Å². The monoisotopic (exact) mass is 332 g/mol. The van der Waals surface area contributed by atoms with Gasteiger partial charge in [-0.2, -0.15) is 0 Å². The quantitative estimate of drug-likeness (QED) is 0.882. The molecule has 0 unspecified atom stereocenters. The first-order valence-electron chi connectivity index (χ1n) is 5.56. The lowest BCUT2D eigenvalue weighted by Crippen LogP contribution is -2.56. The Morgan fingerprint density at radius 2 is 2.22 bits per heavy atom. The lowest BCUT2D eigenvalue weighted by Gasteiger charge is -2.36. The van der Waals surface area contributed by atoms with E-state index in [1.807, 2.05) is 12.1 Å². The van der Waals surface area contributed by atoms with E-state index < -0.39 is 11.9 Å². The number of nitrogens with zero attached hydrogens (tertiary/aromatic N) is 1. The van der Waals surface area contributed by atoms with Crippen molar-refractivity contribution in [1.29, 1.82) is 0 Å². The van der Waals surface area contributed by atoms with Crippen molar-refractivity contribution in [3.05, 3.63) is 20.8 Å². The number of carbonyl (C=O) groups excluding carboxylic acids is 1. The van der Waals surface area contributed by atoms with Gasteiger partial charge in [-0.05, 0) is 34.5 Å². The summed E-state index contributed by atoms with van der Waals surface area (Å²) in [6, 6.07) is 3.82. The molecule has 18 heavy (non-hydrogen) atoms. The first-order valence-corrected chi connectivity index (χ1v) is 7.17. The number of halogens is 1. The lowest BCUT2D eigenvalue weighted by atomic mass is 10.0. The minimum atomic E-state index is -0.831. The SMILES string of the molecule is O=C(O)C1CN(C(=O)NCCc2ccc(Br)s2)C1. The Hall–Kier alpha value is -1.08. The Labute approximate surface area is 117 Å². The smallest absolute Gasteiger partial charge is 0.317 e. The van der Waals surface area contributed by atoms with Gasteiger partial charge in [-0.1, -0.05) is 0 Å². The molecule has 2 N–H and O–H groups in total. The maximum absolute atomic E-state index is 11.6. The number of nitrogens with one attached hydrogen (secondary N) is 1. The summed E-state index contributed by atoms with van der Waals surface area (Å²) < 4.78 is 1.08. The van der Waals surface area contributed by atoms with E-state index in [4.69, 9.17) is 5.11 Å². The molecule has 2 amide bonds. The fraction of sp³-hybridized carbons (Fsp3) is 0.455. The van der Waals surface area contributed by atoms with Crippen LogP contribution >= 0.6 is 27.3 Å². The second kappa shape index (κ2) is 5.71. The van der Waals surface area contributed by atoms with Crippen LogP contribution in [-0.4, -0.2) is 41.6 Å². The largest absolute Gasteiger partial charge is 0.481 e. The van der Waals surface area contributed by atoms with Gasteiger partial charge in [0.15, 0.2) is 0 Å². The van der Waals surface area contributed by atoms with Crippen LogP contribution in [0.15, 0.2) is 15.9 Å². The zero-order valence-corrected chi connectivity index (χ0v) is 12.0. The first kappa shape index (κ1) is 13.4. The highest BCUT2D eigenvalue weighted by Crippen LogP contribution is 2.22. The van der Waals surface area contributed by atoms with Gasteiger partial charge < -0.3 is 15.3 Å². The molecule has 5 nitrogen and oxygen atoms in total. The number of likely N-dealkylation sites (tertiary alicyclic amines) is 1. The van der Waals surface area contributed by atoms with Crippen LogP contribution < -0.4 is 5.32 Å². The summed E-state index contributed by atoms with van der Waals surface area (Å²) in [5.74, 6) is -1.23. The van der Waals surface area contributed by atoms with Crippen molar-refractivity contribution in [2.45, 2.75) is 6.42 Å².